The molecule has 0 aromatic heterocycles. The van der Waals surface area contributed by atoms with E-state index in [4.69, 9.17) is 0 Å². The molecular weight excluding hydrogens is 200 g/mol. The van der Waals surface area contributed by atoms with Crippen LogP contribution >= 0.6 is 0 Å². The molecule has 0 aromatic rings. The van der Waals surface area contributed by atoms with Crippen molar-refractivity contribution in [2.45, 2.75) is 47.6 Å². The number of amides is 1. The van der Waals surface area contributed by atoms with Crippen molar-refractivity contribution < 1.29 is 4.79 Å². The van der Waals surface area contributed by atoms with E-state index < -0.39 is 0 Å². The lowest BCUT2D eigenvalue weighted by atomic mass is 10.0. The molecule has 0 saturated heterocycles. The van der Waals surface area contributed by atoms with Gasteiger partial charge in [-0.3, -0.25) is 4.79 Å². The summed E-state index contributed by atoms with van der Waals surface area (Å²) in [5, 5.41) is 6.13. The highest BCUT2D eigenvalue weighted by Gasteiger charge is 2.63. The predicted octanol–water partition coefficient (Wildman–Crippen LogP) is 1.78. The molecule has 94 valence electrons. The third kappa shape index (κ3) is 2.57. The number of carbonyl (C=O) groups excluding carboxylic acids is 1. The van der Waals surface area contributed by atoms with Crippen LogP contribution in [0.4, 0.5) is 0 Å². The van der Waals surface area contributed by atoms with Gasteiger partial charge < -0.3 is 10.6 Å². The van der Waals surface area contributed by atoms with Gasteiger partial charge in [-0.1, -0.05) is 27.7 Å². The van der Waals surface area contributed by atoms with Crippen LogP contribution < -0.4 is 10.6 Å². The molecule has 3 nitrogen and oxygen atoms in total. The van der Waals surface area contributed by atoms with Gasteiger partial charge in [0.15, 0.2) is 0 Å². The summed E-state index contributed by atoms with van der Waals surface area (Å²) in [6.07, 6.45) is 0. The minimum Gasteiger partial charge on any atom is -0.353 e. The van der Waals surface area contributed by atoms with Crippen molar-refractivity contribution in [2.24, 2.45) is 16.7 Å². The summed E-state index contributed by atoms with van der Waals surface area (Å²) in [6.45, 7) is 14.5. The van der Waals surface area contributed by atoms with Crippen molar-refractivity contribution in [3.8, 4) is 0 Å². The van der Waals surface area contributed by atoms with Gasteiger partial charge in [-0.05, 0) is 37.1 Å². The zero-order chi connectivity index (χ0) is 12.6. The molecule has 1 saturated carbocycles. The Labute approximate surface area is 99.4 Å². The first kappa shape index (κ1) is 13.5. The lowest BCUT2D eigenvalue weighted by Gasteiger charge is -2.09. The monoisotopic (exact) mass is 226 g/mol. The highest BCUT2D eigenvalue weighted by atomic mass is 16.1. The van der Waals surface area contributed by atoms with Crippen molar-refractivity contribution in [3.05, 3.63) is 0 Å². The van der Waals surface area contributed by atoms with E-state index >= 15 is 0 Å². The molecule has 0 unspecified atom stereocenters. The molecule has 1 rings (SSSR count). The Kier molecular flexibility index (Phi) is 3.68. The predicted molar refractivity (Wildman–Crippen MR) is 67.2 cm³/mol. The summed E-state index contributed by atoms with van der Waals surface area (Å²) >= 11 is 0. The minimum atomic E-state index is 0.0891. The largest absolute Gasteiger partial charge is 0.353 e. The van der Waals surface area contributed by atoms with Gasteiger partial charge in [0.1, 0.15) is 0 Å². The van der Waals surface area contributed by atoms with E-state index in [0.717, 1.165) is 6.54 Å². The van der Waals surface area contributed by atoms with E-state index in [2.05, 4.69) is 38.3 Å². The molecular formula is C13H26N2O. The molecule has 3 heteroatoms. The Hall–Kier alpha value is -0.570. The van der Waals surface area contributed by atoms with E-state index in [0.29, 0.717) is 23.3 Å². The fourth-order valence-corrected chi connectivity index (χ4v) is 2.55. The molecule has 0 heterocycles. The van der Waals surface area contributed by atoms with Crippen LogP contribution in [0.5, 0.6) is 0 Å². The van der Waals surface area contributed by atoms with Crippen molar-refractivity contribution >= 4 is 5.91 Å². The zero-order valence-electron chi connectivity index (χ0n) is 11.5. The molecule has 1 fully saturated rings. The summed E-state index contributed by atoms with van der Waals surface area (Å²) in [6, 6.07) is 0.225. The lowest BCUT2D eigenvalue weighted by Crippen LogP contribution is -2.38. The smallest absolute Gasteiger partial charge is 0.234 e. The first-order valence-corrected chi connectivity index (χ1v) is 6.19. The summed E-state index contributed by atoms with van der Waals surface area (Å²) in [7, 11) is 0. The fourth-order valence-electron chi connectivity index (χ4n) is 2.55. The molecule has 0 aromatic carbocycles. The van der Waals surface area contributed by atoms with E-state index in [1.165, 1.54) is 0 Å². The number of carbonyl (C=O) groups is 1. The van der Waals surface area contributed by atoms with Crippen molar-refractivity contribution in [1.82, 2.24) is 10.6 Å². The minimum absolute atomic E-state index is 0.0891. The molecule has 2 N–H and O–H groups in total. The van der Waals surface area contributed by atoms with E-state index in [9.17, 15) is 4.79 Å². The molecule has 1 amide bonds. The van der Waals surface area contributed by atoms with Crippen molar-refractivity contribution in [3.63, 3.8) is 0 Å². The Balaban J connectivity index is 2.21. The molecule has 0 atom stereocenters. The topological polar surface area (TPSA) is 41.1 Å². The summed E-state index contributed by atoms with van der Waals surface area (Å²) < 4.78 is 0. The molecule has 0 radical (unpaired) electrons. The van der Waals surface area contributed by atoms with Gasteiger partial charge >= 0.3 is 0 Å². The van der Waals surface area contributed by atoms with Crippen LogP contribution in [0.1, 0.15) is 41.5 Å². The van der Waals surface area contributed by atoms with Crippen LogP contribution in [0, 0.1) is 16.7 Å². The molecule has 16 heavy (non-hydrogen) atoms. The third-order valence-corrected chi connectivity index (χ3v) is 4.40. The van der Waals surface area contributed by atoms with E-state index in [1.54, 1.807) is 0 Å². The van der Waals surface area contributed by atoms with E-state index in [1.807, 2.05) is 13.8 Å². The van der Waals surface area contributed by atoms with Gasteiger partial charge in [-0.15, -0.1) is 0 Å². The van der Waals surface area contributed by atoms with Gasteiger partial charge in [0, 0.05) is 6.04 Å². The SMILES string of the molecule is CC(C)NC(=O)CNCC1C(C)(C)C1(C)C. The second kappa shape index (κ2) is 4.36. The summed E-state index contributed by atoms with van der Waals surface area (Å²) in [5.41, 5.74) is 0.795. The van der Waals surface area contributed by atoms with Gasteiger partial charge in [-0.25, -0.2) is 0 Å². The second-order valence-corrected chi connectivity index (χ2v) is 6.35. The first-order chi connectivity index (χ1) is 7.19. The Morgan fingerprint density at radius 2 is 1.69 bits per heavy atom. The maximum atomic E-state index is 11.4. The van der Waals surface area contributed by atoms with Crippen LogP contribution in [0.3, 0.4) is 0 Å². The number of rotatable bonds is 5. The van der Waals surface area contributed by atoms with Crippen LogP contribution in [0.15, 0.2) is 0 Å². The van der Waals surface area contributed by atoms with Crippen LogP contribution in [0.25, 0.3) is 0 Å². The number of nitrogens with one attached hydrogen (secondary N) is 2. The molecule has 1 aliphatic carbocycles. The van der Waals surface area contributed by atoms with Gasteiger partial charge in [0.25, 0.3) is 0 Å². The van der Waals surface area contributed by atoms with Gasteiger partial charge in [0.2, 0.25) is 5.91 Å². The Morgan fingerprint density at radius 3 is 2.06 bits per heavy atom. The Bertz CT molecular complexity index is 255. The molecule has 1 aliphatic rings. The zero-order valence-corrected chi connectivity index (χ0v) is 11.5. The quantitative estimate of drug-likeness (QED) is 0.750. The third-order valence-electron chi connectivity index (χ3n) is 4.40. The standard InChI is InChI=1S/C13H26N2O/c1-9(2)15-11(16)8-14-7-10-12(3,4)13(10,5)6/h9-10,14H,7-8H2,1-6H3,(H,15,16). The molecule has 0 bridgehead atoms. The molecule has 0 spiro atoms. The fraction of sp³-hybridized carbons (Fsp3) is 0.923. The number of hydrogen-bond donors (Lipinski definition) is 2. The van der Waals surface area contributed by atoms with Crippen LogP contribution in [0.2, 0.25) is 0 Å². The van der Waals surface area contributed by atoms with Gasteiger partial charge in [0.05, 0.1) is 6.54 Å². The maximum Gasteiger partial charge on any atom is 0.234 e. The molecule has 0 aliphatic heterocycles. The second-order valence-electron chi connectivity index (χ2n) is 6.35. The average molecular weight is 226 g/mol. The first-order valence-electron chi connectivity index (χ1n) is 6.19. The number of hydrogen-bond acceptors (Lipinski definition) is 2. The summed E-state index contributed by atoms with van der Waals surface area (Å²) in [5.74, 6) is 0.762. The summed E-state index contributed by atoms with van der Waals surface area (Å²) in [4.78, 5) is 11.4. The maximum absolute atomic E-state index is 11.4. The normalized spacial score (nSPS) is 22.2. The van der Waals surface area contributed by atoms with Crippen LogP contribution in [-0.2, 0) is 4.79 Å². The van der Waals surface area contributed by atoms with Crippen molar-refractivity contribution in [1.29, 1.82) is 0 Å². The average Bonchev–Trinajstić information content (AvgIpc) is 2.45. The highest BCUT2D eigenvalue weighted by molar-refractivity contribution is 5.78. The highest BCUT2D eigenvalue weighted by Crippen LogP contribution is 2.67. The lowest BCUT2D eigenvalue weighted by molar-refractivity contribution is -0.120. The van der Waals surface area contributed by atoms with Crippen LogP contribution in [-0.4, -0.2) is 25.0 Å². The van der Waals surface area contributed by atoms with Crippen molar-refractivity contribution in [2.75, 3.05) is 13.1 Å². The van der Waals surface area contributed by atoms with Gasteiger partial charge in [-0.2, -0.15) is 0 Å². The Morgan fingerprint density at radius 1 is 1.19 bits per heavy atom. The van der Waals surface area contributed by atoms with E-state index in [-0.39, 0.29) is 11.9 Å².